The van der Waals surface area contributed by atoms with Gasteiger partial charge in [-0.15, -0.1) is 11.8 Å². The fourth-order valence-electron chi connectivity index (χ4n) is 3.94. The molecule has 2 N–H and O–H groups in total. The van der Waals surface area contributed by atoms with E-state index in [0.717, 1.165) is 40.6 Å². The van der Waals surface area contributed by atoms with Crippen molar-refractivity contribution in [3.8, 4) is 0 Å². The summed E-state index contributed by atoms with van der Waals surface area (Å²) in [6.45, 7) is 5.17. The van der Waals surface area contributed by atoms with Crippen LogP contribution in [0.4, 0.5) is 16.2 Å². The topological polar surface area (TPSA) is 74.3 Å². The maximum Gasteiger partial charge on any atom is 0.326 e. The maximum absolute atomic E-state index is 13.1. The molecule has 1 aromatic heterocycles. The van der Waals surface area contributed by atoms with Gasteiger partial charge in [0.1, 0.15) is 5.03 Å². The number of nitrogens with zero attached hydrogens (tertiary/aromatic N) is 2. The fraction of sp³-hybridized carbons (Fsp3) is 0.269. The van der Waals surface area contributed by atoms with Gasteiger partial charge in [0.05, 0.1) is 5.69 Å². The second-order valence-corrected chi connectivity index (χ2v) is 9.17. The Morgan fingerprint density at radius 1 is 1.06 bits per heavy atom. The number of anilines is 2. The maximum atomic E-state index is 13.1. The number of aromatic nitrogens is 1. The summed E-state index contributed by atoms with van der Waals surface area (Å²) >= 11 is 1.67. The molecule has 0 saturated carbocycles. The molecule has 0 bridgehead atoms. The predicted molar refractivity (Wildman–Crippen MR) is 134 cm³/mol. The van der Waals surface area contributed by atoms with Gasteiger partial charge >= 0.3 is 6.03 Å². The minimum Gasteiger partial charge on any atom is -0.352 e. The van der Waals surface area contributed by atoms with Crippen molar-refractivity contribution in [3.05, 3.63) is 83.0 Å². The summed E-state index contributed by atoms with van der Waals surface area (Å²) in [5.74, 6) is 0.649. The van der Waals surface area contributed by atoms with E-state index in [-0.39, 0.29) is 11.9 Å². The van der Waals surface area contributed by atoms with Crippen molar-refractivity contribution in [2.45, 2.75) is 31.7 Å². The van der Waals surface area contributed by atoms with Crippen molar-refractivity contribution < 1.29 is 9.59 Å². The molecule has 0 saturated heterocycles. The Morgan fingerprint density at radius 2 is 1.88 bits per heavy atom. The lowest BCUT2D eigenvalue weighted by Gasteiger charge is -2.30. The monoisotopic (exact) mass is 460 g/mol. The van der Waals surface area contributed by atoms with Crippen LogP contribution in [0, 0.1) is 13.8 Å². The first kappa shape index (κ1) is 22.9. The highest BCUT2D eigenvalue weighted by atomic mass is 32.2. The Kier molecular flexibility index (Phi) is 7.29. The van der Waals surface area contributed by atoms with Crippen LogP contribution in [-0.2, 0) is 6.42 Å². The van der Waals surface area contributed by atoms with Gasteiger partial charge in [0.15, 0.2) is 0 Å². The zero-order chi connectivity index (χ0) is 23.2. The zero-order valence-corrected chi connectivity index (χ0v) is 19.7. The normalized spacial score (nSPS) is 12.7. The standard InChI is InChI=1S/C26H28N4O2S/c1-18-16-19(2)28-25-23(18)30(14-15-33-25)26(32)29-22-12-6-11-21(17-22)24(31)27-13-7-10-20-8-4-3-5-9-20/h3-6,8-9,11-12,16-17H,7,10,13-15H2,1-2H3,(H,27,31)(H,29,32). The number of aryl methyl sites for hydroxylation is 3. The molecule has 1 aliphatic heterocycles. The summed E-state index contributed by atoms with van der Waals surface area (Å²) in [5.41, 5.74) is 5.22. The number of carbonyl (C=O) groups is 2. The number of benzene rings is 2. The molecule has 1 aliphatic rings. The number of hydrogen-bond acceptors (Lipinski definition) is 4. The van der Waals surface area contributed by atoms with E-state index in [4.69, 9.17) is 0 Å². The Morgan fingerprint density at radius 3 is 2.70 bits per heavy atom. The van der Waals surface area contributed by atoms with Crippen molar-refractivity contribution in [2.24, 2.45) is 0 Å². The summed E-state index contributed by atoms with van der Waals surface area (Å²) in [5, 5.41) is 6.80. The molecule has 3 aromatic rings. The Balaban J connectivity index is 1.36. The first-order valence-corrected chi connectivity index (χ1v) is 12.1. The number of hydrogen-bond donors (Lipinski definition) is 2. The number of thioether (sulfide) groups is 1. The quantitative estimate of drug-likeness (QED) is 0.496. The van der Waals surface area contributed by atoms with E-state index < -0.39 is 0 Å². The third kappa shape index (κ3) is 5.73. The van der Waals surface area contributed by atoms with Gasteiger partial charge in [-0.3, -0.25) is 9.69 Å². The van der Waals surface area contributed by atoms with E-state index >= 15 is 0 Å². The lowest BCUT2D eigenvalue weighted by molar-refractivity contribution is 0.0953. The van der Waals surface area contributed by atoms with E-state index in [1.165, 1.54) is 5.56 Å². The summed E-state index contributed by atoms with van der Waals surface area (Å²) in [6, 6.07) is 19.0. The lowest BCUT2D eigenvalue weighted by atomic mass is 10.1. The predicted octanol–water partition coefficient (Wildman–Crippen LogP) is 5.21. The van der Waals surface area contributed by atoms with Crippen LogP contribution in [0.5, 0.6) is 0 Å². The molecule has 7 heteroatoms. The highest BCUT2D eigenvalue weighted by Crippen LogP contribution is 2.36. The fourth-order valence-corrected chi connectivity index (χ4v) is 5.03. The Hall–Kier alpha value is -3.32. The third-order valence-electron chi connectivity index (χ3n) is 5.49. The van der Waals surface area contributed by atoms with Gasteiger partial charge in [-0.1, -0.05) is 36.4 Å². The Labute approximate surface area is 198 Å². The van der Waals surface area contributed by atoms with E-state index in [1.807, 2.05) is 38.1 Å². The van der Waals surface area contributed by atoms with Gasteiger partial charge in [0.2, 0.25) is 0 Å². The molecule has 0 radical (unpaired) electrons. The van der Waals surface area contributed by atoms with Gasteiger partial charge in [0.25, 0.3) is 5.91 Å². The summed E-state index contributed by atoms with van der Waals surface area (Å²) in [4.78, 5) is 32.0. The van der Waals surface area contributed by atoms with E-state index in [0.29, 0.717) is 24.3 Å². The molecule has 6 nitrogen and oxygen atoms in total. The lowest BCUT2D eigenvalue weighted by Crippen LogP contribution is -2.39. The minimum atomic E-state index is -0.217. The van der Waals surface area contributed by atoms with Gasteiger partial charge in [0, 0.05) is 35.8 Å². The van der Waals surface area contributed by atoms with Gasteiger partial charge in [-0.25, -0.2) is 9.78 Å². The number of fused-ring (bicyclic) bond motifs is 1. The number of nitrogens with one attached hydrogen (secondary N) is 2. The number of pyridine rings is 1. The van der Waals surface area contributed by atoms with Crippen molar-refractivity contribution >= 4 is 35.1 Å². The van der Waals surface area contributed by atoms with Crippen molar-refractivity contribution in [3.63, 3.8) is 0 Å². The molecule has 0 unspecified atom stereocenters. The van der Waals surface area contributed by atoms with Crippen molar-refractivity contribution in [1.29, 1.82) is 0 Å². The molecule has 0 spiro atoms. The van der Waals surface area contributed by atoms with Crippen LogP contribution in [0.2, 0.25) is 0 Å². The molecule has 2 aromatic carbocycles. The zero-order valence-electron chi connectivity index (χ0n) is 18.9. The van der Waals surface area contributed by atoms with Crippen molar-refractivity contribution in [1.82, 2.24) is 10.3 Å². The second kappa shape index (κ2) is 10.5. The number of urea groups is 1. The molecule has 0 fully saturated rings. The van der Waals surface area contributed by atoms with Gasteiger partial charge in [-0.05, 0) is 62.1 Å². The van der Waals surface area contributed by atoms with Crippen LogP contribution in [0.25, 0.3) is 0 Å². The first-order chi connectivity index (χ1) is 16.0. The molecule has 0 atom stereocenters. The number of carbonyl (C=O) groups excluding carboxylic acids is 2. The summed E-state index contributed by atoms with van der Waals surface area (Å²) < 4.78 is 0. The number of amides is 3. The average Bonchev–Trinajstić information content (AvgIpc) is 2.82. The van der Waals surface area contributed by atoms with E-state index in [9.17, 15) is 9.59 Å². The molecule has 33 heavy (non-hydrogen) atoms. The van der Waals surface area contributed by atoms with Crippen LogP contribution in [0.3, 0.4) is 0 Å². The van der Waals surface area contributed by atoms with Gasteiger partial charge in [-0.2, -0.15) is 0 Å². The smallest absolute Gasteiger partial charge is 0.326 e. The molecule has 170 valence electrons. The van der Waals surface area contributed by atoms with Crippen LogP contribution in [0.1, 0.15) is 33.6 Å². The highest BCUT2D eigenvalue weighted by Gasteiger charge is 2.26. The Bertz CT molecular complexity index is 1150. The highest BCUT2D eigenvalue weighted by molar-refractivity contribution is 7.99. The number of rotatable bonds is 6. The van der Waals surface area contributed by atoms with Crippen LogP contribution < -0.4 is 15.5 Å². The molecule has 0 aliphatic carbocycles. The molecular weight excluding hydrogens is 432 g/mol. The van der Waals surface area contributed by atoms with Gasteiger partial charge < -0.3 is 10.6 Å². The summed E-state index contributed by atoms with van der Waals surface area (Å²) in [7, 11) is 0. The van der Waals surface area contributed by atoms with E-state index in [1.54, 1.807) is 40.9 Å². The third-order valence-corrected chi connectivity index (χ3v) is 6.44. The average molecular weight is 461 g/mol. The van der Waals surface area contributed by atoms with Crippen LogP contribution >= 0.6 is 11.8 Å². The summed E-state index contributed by atoms with van der Waals surface area (Å²) in [6.07, 6.45) is 1.78. The largest absolute Gasteiger partial charge is 0.352 e. The first-order valence-electron chi connectivity index (χ1n) is 11.1. The van der Waals surface area contributed by atoms with Crippen LogP contribution in [-0.4, -0.2) is 35.8 Å². The molecular formula is C26H28N4O2S. The minimum absolute atomic E-state index is 0.144. The SMILES string of the molecule is Cc1cc(C)c2c(n1)SCCN2C(=O)Nc1cccc(C(=O)NCCCc2ccccc2)c1. The second-order valence-electron chi connectivity index (χ2n) is 8.09. The van der Waals surface area contributed by atoms with Crippen LogP contribution in [0.15, 0.2) is 65.7 Å². The van der Waals surface area contributed by atoms with E-state index in [2.05, 4.69) is 27.8 Å². The molecule has 4 rings (SSSR count). The molecule has 3 amide bonds. The van der Waals surface area contributed by atoms with Crippen molar-refractivity contribution in [2.75, 3.05) is 29.1 Å². The molecule has 2 heterocycles.